The van der Waals surface area contributed by atoms with Crippen LogP contribution in [-0.2, 0) is 4.79 Å². The summed E-state index contributed by atoms with van der Waals surface area (Å²) in [6, 6.07) is 9.45. The van der Waals surface area contributed by atoms with E-state index in [1.165, 1.54) is 13.0 Å². The molecule has 1 nitrogen and oxygen atoms in total. The minimum atomic E-state index is -0.0937. The van der Waals surface area contributed by atoms with E-state index in [1.807, 2.05) is 30.3 Å². The van der Waals surface area contributed by atoms with Gasteiger partial charge in [0.15, 0.2) is 5.78 Å². The Morgan fingerprint density at radius 3 is 2.64 bits per heavy atom. The predicted octanol–water partition coefficient (Wildman–Crippen LogP) is 2.29. The van der Waals surface area contributed by atoms with Gasteiger partial charge in [-0.2, -0.15) is 0 Å². The van der Waals surface area contributed by atoms with Gasteiger partial charge >= 0.3 is 0 Å². The number of benzene rings is 1. The van der Waals surface area contributed by atoms with Crippen LogP contribution in [0.1, 0.15) is 13.9 Å². The maximum absolute atomic E-state index is 10.6. The molecule has 0 aliphatic rings. The average Bonchev–Trinajstić information content (AvgIpc) is 2.05. The van der Waals surface area contributed by atoms with Gasteiger partial charge in [0, 0.05) is 0 Å². The van der Waals surface area contributed by atoms with E-state index in [0.717, 1.165) is 5.56 Å². The van der Waals surface area contributed by atoms with E-state index in [1.54, 1.807) is 0 Å². The maximum atomic E-state index is 10.6. The fourth-order valence-corrected chi connectivity index (χ4v) is 0.719. The Labute approximate surface area is 67.8 Å². The predicted molar refractivity (Wildman–Crippen MR) is 46.2 cm³/mol. The summed E-state index contributed by atoms with van der Waals surface area (Å²) in [4.78, 5) is 10.6. The molecule has 1 aromatic carbocycles. The van der Waals surface area contributed by atoms with Crippen LogP contribution >= 0.6 is 0 Å². The molecule has 1 aromatic rings. The van der Waals surface area contributed by atoms with Crippen LogP contribution in [-0.4, -0.2) is 5.78 Å². The van der Waals surface area contributed by atoms with Crippen LogP contribution in [0.4, 0.5) is 0 Å². The number of allylic oxidation sites excluding steroid dienone is 1. The lowest BCUT2D eigenvalue weighted by Gasteiger charge is -1.88. The lowest BCUT2D eigenvalue weighted by atomic mass is 10.2. The Kier molecular flexibility index (Phi) is 2.14. The van der Waals surface area contributed by atoms with Crippen molar-refractivity contribution in [2.45, 2.75) is 6.92 Å². The number of ketones is 1. The summed E-state index contributed by atoms with van der Waals surface area (Å²) in [6.07, 6.45) is 1.31. The molecule has 0 N–H and O–H groups in total. The molecule has 0 saturated heterocycles. The second-order valence-corrected chi connectivity index (χ2v) is 2.27. The zero-order chi connectivity index (χ0) is 8.97. The van der Waals surface area contributed by atoms with Crippen molar-refractivity contribution >= 4 is 11.8 Å². The molecule has 11 heavy (non-hydrogen) atoms. The summed E-state index contributed by atoms with van der Waals surface area (Å²) in [7, 11) is 0. The summed E-state index contributed by atoms with van der Waals surface area (Å²) in [5.74, 6) is -0.0937. The highest BCUT2D eigenvalue weighted by Crippen LogP contribution is 2.00. The lowest BCUT2D eigenvalue weighted by Crippen LogP contribution is -1.79. The molecule has 0 aliphatic heterocycles. The normalized spacial score (nSPS) is 12.5. The van der Waals surface area contributed by atoms with Crippen molar-refractivity contribution in [3.63, 3.8) is 0 Å². The van der Waals surface area contributed by atoms with Gasteiger partial charge < -0.3 is 0 Å². The van der Waals surface area contributed by atoms with Crippen molar-refractivity contribution in [2.24, 2.45) is 0 Å². The topological polar surface area (TPSA) is 17.1 Å². The standard InChI is InChI=1S/C10H10O/c1-9(11)7-8-10-5-3-2-4-6-10/h2-8H,1H3/b8-7+/i8D. The molecule has 0 saturated carbocycles. The first-order chi connectivity index (χ1) is 5.70. The van der Waals surface area contributed by atoms with E-state index in [4.69, 9.17) is 1.37 Å². The smallest absolute Gasteiger partial charge is 0.152 e. The first-order valence-corrected chi connectivity index (χ1v) is 3.44. The summed E-state index contributed by atoms with van der Waals surface area (Å²) in [5.41, 5.74) is 0.771. The van der Waals surface area contributed by atoms with Crippen LogP contribution in [0.2, 0.25) is 0 Å². The summed E-state index contributed by atoms with van der Waals surface area (Å²) >= 11 is 0. The second kappa shape index (κ2) is 3.71. The van der Waals surface area contributed by atoms with Crippen molar-refractivity contribution in [1.29, 1.82) is 0 Å². The molecular formula is C10H10O. The fourth-order valence-electron chi connectivity index (χ4n) is 0.719. The van der Waals surface area contributed by atoms with E-state index in [0.29, 0.717) is 0 Å². The van der Waals surface area contributed by atoms with Crippen molar-refractivity contribution < 1.29 is 6.17 Å². The van der Waals surface area contributed by atoms with Crippen LogP contribution in [0.3, 0.4) is 0 Å². The summed E-state index contributed by atoms with van der Waals surface area (Å²) in [5, 5.41) is 0. The molecule has 1 heteroatoms. The van der Waals surface area contributed by atoms with E-state index in [9.17, 15) is 4.79 Å². The quantitative estimate of drug-likeness (QED) is 0.586. The first-order valence-electron chi connectivity index (χ1n) is 3.94. The number of hydrogen-bond acceptors (Lipinski definition) is 1. The Morgan fingerprint density at radius 2 is 2.09 bits per heavy atom. The maximum Gasteiger partial charge on any atom is 0.152 e. The van der Waals surface area contributed by atoms with E-state index < -0.39 is 0 Å². The van der Waals surface area contributed by atoms with Gasteiger partial charge in [0.1, 0.15) is 0 Å². The van der Waals surface area contributed by atoms with Crippen molar-refractivity contribution in [3.05, 3.63) is 42.0 Å². The van der Waals surface area contributed by atoms with Gasteiger partial charge in [0.25, 0.3) is 0 Å². The SMILES string of the molecule is [2H]/C(=C\C(C)=O)c1ccccc1. The number of carbonyl (C=O) groups excluding carboxylic acids is 1. The van der Waals surface area contributed by atoms with Gasteiger partial charge in [-0.25, -0.2) is 0 Å². The Hall–Kier alpha value is -1.37. The summed E-state index contributed by atoms with van der Waals surface area (Å²) < 4.78 is 7.48. The van der Waals surface area contributed by atoms with Gasteiger partial charge in [0.05, 0.1) is 1.37 Å². The van der Waals surface area contributed by atoms with Crippen LogP contribution in [0, 0.1) is 0 Å². The molecule has 0 spiro atoms. The third-order valence-corrected chi connectivity index (χ3v) is 1.22. The minimum absolute atomic E-state index is 0.0937. The van der Waals surface area contributed by atoms with Crippen LogP contribution in [0.15, 0.2) is 36.4 Å². The summed E-state index contributed by atoms with van der Waals surface area (Å²) in [6.45, 7) is 1.44. The average molecular weight is 147 g/mol. The van der Waals surface area contributed by atoms with Crippen molar-refractivity contribution in [1.82, 2.24) is 0 Å². The number of carbonyl (C=O) groups is 1. The second-order valence-electron chi connectivity index (χ2n) is 2.27. The third-order valence-electron chi connectivity index (χ3n) is 1.22. The van der Waals surface area contributed by atoms with Crippen LogP contribution in [0.25, 0.3) is 6.05 Å². The number of rotatable bonds is 2. The van der Waals surface area contributed by atoms with Crippen LogP contribution in [0.5, 0.6) is 0 Å². The molecule has 0 bridgehead atoms. The Morgan fingerprint density at radius 1 is 1.45 bits per heavy atom. The van der Waals surface area contributed by atoms with Gasteiger partial charge in [-0.3, -0.25) is 4.79 Å². The highest BCUT2D eigenvalue weighted by atomic mass is 16.1. The van der Waals surface area contributed by atoms with Gasteiger partial charge in [-0.15, -0.1) is 0 Å². The monoisotopic (exact) mass is 147 g/mol. The molecule has 0 aliphatic carbocycles. The van der Waals surface area contributed by atoms with Crippen molar-refractivity contribution in [2.75, 3.05) is 0 Å². The molecule has 56 valence electrons. The molecule has 0 unspecified atom stereocenters. The largest absolute Gasteiger partial charge is 0.295 e. The molecule has 0 radical (unpaired) electrons. The fraction of sp³-hybridized carbons (Fsp3) is 0.100. The van der Waals surface area contributed by atoms with Crippen LogP contribution < -0.4 is 0 Å². The molecule has 0 amide bonds. The van der Waals surface area contributed by atoms with E-state index in [2.05, 4.69) is 0 Å². The molecule has 1 rings (SSSR count). The highest BCUT2D eigenvalue weighted by molar-refractivity contribution is 5.91. The Balaban J connectivity index is 2.93. The highest BCUT2D eigenvalue weighted by Gasteiger charge is 1.83. The van der Waals surface area contributed by atoms with Gasteiger partial charge in [-0.1, -0.05) is 36.4 Å². The zero-order valence-corrected chi connectivity index (χ0v) is 6.37. The van der Waals surface area contributed by atoms with Crippen molar-refractivity contribution in [3.8, 4) is 0 Å². The molecule has 0 fully saturated rings. The van der Waals surface area contributed by atoms with Gasteiger partial charge in [-0.05, 0) is 18.6 Å². The molecule has 0 aromatic heterocycles. The minimum Gasteiger partial charge on any atom is -0.295 e. The van der Waals surface area contributed by atoms with Gasteiger partial charge in [0.2, 0.25) is 0 Å². The molecule has 0 heterocycles. The van der Waals surface area contributed by atoms with E-state index in [-0.39, 0.29) is 11.8 Å². The van der Waals surface area contributed by atoms with E-state index >= 15 is 0 Å². The zero-order valence-electron chi connectivity index (χ0n) is 7.37. The lowest BCUT2D eigenvalue weighted by molar-refractivity contribution is -0.112. The molecule has 0 atom stereocenters. The Bertz CT molecular complexity index is 301. The first kappa shape index (κ1) is 6.35. The molecular weight excluding hydrogens is 136 g/mol. The number of hydrogen-bond donors (Lipinski definition) is 0. The third kappa shape index (κ3) is 2.80.